The highest BCUT2D eigenvalue weighted by molar-refractivity contribution is 6.05. The molecule has 0 spiro atoms. The van der Waals surface area contributed by atoms with Crippen LogP contribution in [0.15, 0.2) is 79.0 Å². The first-order valence-corrected chi connectivity index (χ1v) is 17.5. The van der Waals surface area contributed by atoms with Crippen LogP contribution < -0.4 is 20.0 Å². The van der Waals surface area contributed by atoms with E-state index in [4.69, 9.17) is 10.1 Å². The van der Waals surface area contributed by atoms with Crippen molar-refractivity contribution in [3.05, 3.63) is 102 Å². The zero-order chi connectivity index (χ0) is 34.6. The third kappa shape index (κ3) is 5.62. The van der Waals surface area contributed by atoms with Crippen LogP contribution in [0.1, 0.15) is 53.2 Å². The number of hydrogen-bond donors (Lipinski definition) is 1. The Morgan fingerprint density at radius 2 is 1.63 bits per heavy atom. The maximum absolute atomic E-state index is 14.1. The van der Waals surface area contributed by atoms with Crippen molar-refractivity contribution >= 4 is 40.7 Å². The number of piperazine rings is 1. The van der Waals surface area contributed by atoms with Crippen LogP contribution in [0.2, 0.25) is 0 Å². The van der Waals surface area contributed by atoms with E-state index in [1.807, 2.05) is 59.2 Å². The van der Waals surface area contributed by atoms with E-state index in [0.29, 0.717) is 18.5 Å². The lowest BCUT2D eigenvalue weighted by Crippen LogP contribution is -2.52. The molecule has 7 heterocycles. The Hall–Kier alpha value is -5.85. The molecule has 3 saturated heterocycles. The van der Waals surface area contributed by atoms with Crippen LogP contribution in [0.4, 0.5) is 21.7 Å². The molecule has 13 heteroatoms. The number of piperidine rings is 1. The minimum absolute atomic E-state index is 0.0598. The maximum Gasteiger partial charge on any atom is 0.255 e. The standard InChI is InChI=1S/C38H36FN9O3/c39-26-5-1-4-24(20-26)30-7-3-15-46(30)35-13-12-33-40-22-32(48(33)43-35)29-6-2-8-34(41-29)45-18-16-44(17-19-45)27-9-10-28-25(21-27)23-47(38(28)51)31-11-14-36(49)42-37(31)50/h1-2,4-6,8-10,12-13,20-22,30-31H,3,7,11,14-19,23H2,(H,42,49,50)/t30-,31?/m1/s1. The first kappa shape index (κ1) is 31.2. The van der Waals surface area contributed by atoms with Gasteiger partial charge in [-0.15, -0.1) is 5.10 Å². The Labute approximate surface area is 293 Å². The summed E-state index contributed by atoms with van der Waals surface area (Å²) in [5.41, 5.74) is 5.82. The normalized spacial score (nSPS) is 20.8. The van der Waals surface area contributed by atoms with Crippen molar-refractivity contribution in [2.45, 2.75) is 44.3 Å². The van der Waals surface area contributed by atoms with Crippen LogP contribution in [-0.4, -0.2) is 81.0 Å². The molecular formula is C38H36FN9O3. The molecular weight excluding hydrogens is 649 g/mol. The lowest BCUT2D eigenvalue weighted by atomic mass is 10.0. The van der Waals surface area contributed by atoms with Crippen molar-refractivity contribution in [2.75, 3.05) is 47.4 Å². The van der Waals surface area contributed by atoms with Crippen LogP contribution in [-0.2, 0) is 16.1 Å². The van der Waals surface area contributed by atoms with Crippen molar-refractivity contribution in [2.24, 2.45) is 0 Å². The molecule has 12 nitrogen and oxygen atoms in total. The van der Waals surface area contributed by atoms with Crippen LogP contribution in [0.5, 0.6) is 0 Å². The van der Waals surface area contributed by atoms with E-state index in [9.17, 15) is 18.8 Å². The van der Waals surface area contributed by atoms with E-state index in [1.165, 1.54) is 6.07 Å². The molecule has 3 amide bonds. The number of carbonyl (C=O) groups excluding carboxylic acids is 3. The highest BCUT2D eigenvalue weighted by Gasteiger charge is 2.39. The summed E-state index contributed by atoms with van der Waals surface area (Å²) in [6.45, 7) is 4.28. The van der Waals surface area contributed by atoms with E-state index in [-0.39, 0.29) is 30.1 Å². The van der Waals surface area contributed by atoms with Gasteiger partial charge in [-0.3, -0.25) is 19.7 Å². The van der Waals surface area contributed by atoms with Gasteiger partial charge in [0.15, 0.2) is 5.65 Å². The summed E-state index contributed by atoms with van der Waals surface area (Å²) in [4.78, 5) is 55.3. The number of carbonyl (C=O) groups is 3. The van der Waals surface area contributed by atoms with Gasteiger partial charge in [0.2, 0.25) is 11.8 Å². The number of halogens is 1. The number of fused-ring (bicyclic) bond motifs is 2. The topological polar surface area (TPSA) is 119 Å². The molecule has 3 fully saturated rings. The van der Waals surface area contributed by atoms with Gasteiger partial charge in [-0.25, -0.2) is 18.9 Å². The third-order valence-corrected chi connectivity index (χ3v) is 10.6. The molecule has 1 N–H and O–H groups in total. The number of imidazole rings is 1. The Bertz CT molecular complexity index is 2200. The number of amides is 3. The monoisotopic (exact) mass is 685 g/mol. The molecule has 1 unspecified atom stereocenters. The van der Waals surface area contributed by atoms with E-state index >= 15 is 0 Å². The molecule has 51 heavy (non-hydrogen) atoms. The molecule has 2 atom stereocenters. The molecule has 4 aliphatic heterocycles. The second kappa shape index (κ2) is 12.5. The Morgan fingerprint density at radius 1 is 0.784 bits per heavy atom. The number of rotatable bonds is 6. The van der Waals surface area contributed by atoms with Gasteiger partial charge in [-0.1, -0.05) is 18.2 Å². The number of hydrogen-bond acceptors (Lipinski definition) is 9. The van der Waals surface area contributed by atoms with Gasteiger partial charge in [0.1, 0.15) is 29.2 Å². The van der Waals surface area contributed by atoms with Gasteiger partial charge < -0.3 is 19.6 Å². The summed E-state index contributed by atoms with van der Waals surface area (Å²) in [6, 6.07) is 22.1. The van der Waals surface area contributed by atoms with Crippen LogP contribution in [0.25, 0.3) is 17.0 Å². The quantitative estimate of drug-likeness (QED) is 0.260. The van der Waals surface area contributed by atoms with Gasteiger partial charge >= 0.3 is 0 Å². The second-order valence-corrected chi connectivity index (χ2v) is 13.6. The molecule has 5 aromatic rings. The fraction of sp³-hybridized carbons (Fsp3) is 0.316. The van der Waals surface area contributed by atoms with Crippen LogP contribution >= 0.6 is 0 Å². The predicted molar refractivity (Wildman–Crippen MR) is 189 cm³/mol. The molecule has 9 rings (SSSR count). The van der Waals surface area contributed by atoms with Gasteiger partial charge in [0, 0.05) is 56.9 Å². The first-order valence-electron chi connectivity index (χ1n) is 17.5. The van der Waals surface area contributed by atoms with Gasteiger partial charge in [0.25, 0.3) is 5.91 Å². The number of aromatic nitrogens is 4. The summed E-state index contributed by atoms with van der Waals surface area (Å²) in [5.74, 6) is 0.613. The van der Waals surface area contributed by atoms with Crippen molar-refractivity contribution < 1.29 is 18.8 Å². The lowest BCUT2D eigenvalue weighted by Gasteiger charge is -2.37. The fourth-order valence-electron chi connectivity index (χ4n) is 7.99. The molecule has 0 radical (unpaired) electrons. The summed E-state index contributed by atoms with van der Waals surface area (Å²) in [5, 5.41) is 7.38. The number of nitrogens with one attached hydrogen (secondary N) is 1. The number of anilines is 3. The smallest absolute Gasteiger partial charge is 0.255 e. The van der Waals surface area contributed by atoms with Crippen LogP contribution in [0.3, 0.4) is 0 Å². The lowest BCUT2D eigenvalue weighted by molar-refractivity contribution is -0.136. The SMILES string of the molecule is O=C1CCC(N2Cc3cc(N4CCN(c5cccc(-c6cnc7ccc(N8CCC[C@@H]8c8cccc(F)c8)nn67)n5)CC4)ccc3C2=O)C(=O)N1. The molecule has 3 aromatic heterocycles. The molecule has 2 aromatic carbocycles. The third-order valence-electron chi connectivity index (χ3n) is 10.6. The number of nitrogens with zero attached hydrogens (tertiary/aromatic N) is 8. The van der Waals surface area contributed by atoms with E-state index < -0.39 is 11.9 Å². The average molecular weight is 686 g/mol. The molecule has 258 valence electrons. The first-order chi connectivity index (χ1) is 24.9. The molecule has 4 aliphatic rings. The van der Waals surface area contributed by atoms with E-state index in [2.05, 4.69) is 31.1 Å². The van der Waals surface area contributed by atoms with Crippen molar-refractivity contribution in [1.82, 2.24) is 29.8 Å². The fourth-order valence-corrected chi connectivity index (χ4v) is 7.99. The highest BCUT2D eigenvalue weighted by Crippen LogP contribution is 2.36. The largest absolute Gasteiger partial charge is 0.368 e. The Morgan fingerprint density at radius 3 is 2.47 bits per heavy atom. The molecule has 0 aliphatic carbocycles. The van der Waals surface area contributed by atoms with Crippen molar-refractivity contribution in [3.63, 3.8) is 0 Å². The zero-order valence-electron chi connectivity index (χ0n) is 27.9. The minimum atomic E-state index is -0.625. The minimum Gasteiger partial charge on any atom is -0.368 e. The Kier molecular flexibility index (Phi) is 7.63. The number of imide groups is 1. The average Bonchev–Trinajstić information content (AvgIpc) is 3.89. The summed E-state index contributed by atoms with van der Waals surface area (Å²) < 4.78 is 15.9. The van der Waals surface area contributed by atoms with Gasteiger partial charge in [-0.05, 0) is 85.0 Å². The summed E-state index contributed by atoms with van der Waals surface area (Å²) >= 11 is 0. The summed E-state index contributed by atoms with van der Waals surface area (Å²) in [7, 11) is 0. The van der Waals surface area contributed by atoms with Crippen molar-refractivity contribution in [3.8, 4) is 11.4 Å². The second-order valence-electron chi connectivity index (χ2n) is 13.6. The molecule has 0 bridgehead atoms. The summed E-state index contributed by atoms with van der Waals surface area (Å²) in [6.07, 6.45) is 4.33. The van der Waals surface area contributed by atoms with E-state index in [1.54, 1.807) is 17.0 Å². The predicted octanol–water partition coefficient (Wildman–Crippen LogP) is 4.36. The maximum atomic E-state index is 14.1. The van der Waals surface area contributed by atoms with Gasteiger partial charge in [0.05, 0.1) is 17.9 Å². The number of pyridine rings is 1. The zero-order valence-corrected chi connectivity index (χ0v) is 27.9. The molecule has 0 saturated carbocycles. The van der Waals surface area contributed by atoms with Gasteiger partial charge in [-0.2, -0.15) is 0 Å². The van der Waals surface area contributed by atoms with Crippen LogP contribution in [0, 0.1) is 5.82 Å². The van der Waals surface area contributed by atoms with E-state index in [0.717, 1.165) is 91.1 Å². The van der Waals surface area contributed by atoms with Crippen molar-refractivity contribution in [1.29, 1.82) is 0 Å². The number of benzene rings is 2. The Balaban J connectivity index is 0.896. The highest BCUT2D eigenvalue weighted by atomic mass is 19.1.